The fraction of sp³-hybridized carbons (Fsp3) is 0.296. The molecule has 0 radical (unpaired) electrons. The third-order valence-electron chi connectivity index (χ3n) is 6.28. The molecule has 9 heteroatoms. The van der Waals surface area contributed by atoms with Crippen LogP contribution in [-0.4, -0.2) is 66.2 Å². The van der Waals surface area contributed by atoms with Gasteiger partial charge in [-0.1, -0.05) is 24.3 Å². The molecule has 1 fully saturated rings. The Kier molecular flexibility index (Phi) is 7.69. The number of carbonyl (C=O) groups is 1. The van der Waals surface area contributed by atoms with Gasteiger partial charge in [-0.15, -0.1) is 0 Å². The molecule has 1 heterocycles. The Morgan fingerprint density at radius 1 is 0.889 bits per heavy atom. The number of amides is 1. The number of piperazine rings is 1. The van der Waals surface area contributed by atoms with Crippen LogP contribution in [0.15, 0.2) is 77.7 Å². The fourth-order valence-corrected chi connectivity index (χ4v) is 5.90. The molecule has 0 unspecified atom stereocenters. The number of anilines is 2. The van der Waals surface area contributed by atoms with Gasteiger partial charge in [0.2, 0.25) is 5.91 Å². The van der Waals surface area contributed by atoms with E-state index in [0.29, 0.717) is 37.6 Å². The van der Waals surface area contributed by atoms with Gasteiger partial charge in [0.05, 0.1) is 19.9 Å². The molecule has 8 nitrogen and oxygen atoms in total. The number of carbonyl (C=O) groups excluding carboxylic acids is 1. The van der Waals surface area contributed by atoms with Gasteiger partial charge in [-0.2, -0.15) is 0 Å². The number of sulfonamides is 1. The molecule has 0 atom stereocenters. The first-order valence-corrected chi connectivity index (χ1v) is 13.2. The molecule has 1 aliphatic heterocycles. The molecule has 4 rings (SSSR count). The van der Waals surface area contributed by atoms with Crippen molar-refractivity contribution in [3.8, 4) is 11.5 Å². The zero-order chi connectivity index (χ0) is 25.7. The minimum Gasteiger partial charge on any atom is -0.497 e. The molecular weight excluding hydrogens is 478 g/mol. The third-order valence-corrected chi connectivity index (χ3v) is 8.08. The highest BCUT2D eigenvalue weighted by Gasteiger charge is 2.32. The normalized spacial score (nSPS) is 13.9. The number of hydrogen-bond acceptors (Lipinski definition) is 6. The largest absolute Gasteiger partial charge is 0.497 e. The monoisotopic (exact) mass is 509 g/mol. The lowest BCUT2D eigenvalue weighted by Crippen LogP contribution is -2.52. The highest BCUT2D eigenvalue weighted by Crippen LogP contribution is 2.32. The van der Waals surface area contributed by atoms with Crippen molar-refractivity contribution in [2.24, 2.45) is 0 Å². The lowest BCUT2D eigenvalue weighted by Gasteiger charge is -2.37. The Bertz CT molecular complexity index is 1290. The Labute approximate surface area is 212 Å². The number of rotatable bonds is 8. The molecule has 36 heavy (non-hydrogen) atoms. The summed E-state index contributed by atoms with van der Waals surface area (Å²) >= 11 is 0. The van der Waals surface area contributed by atoms with E-state index >= 15 is 0 Å². The van der Waals surface area contributed by atoms with Gasteiger partial charge in [0.25, 0.3) is 10.0 Å². The van der Waals surface area contributed by atoms with Crippen LogP contribution in [0.2, 0.25) is 0 Å². The minimum atomic E-state index is -4.12. The molecule has 190 valence electrons. The van der Waals surface area contributed by atoms with Crippen LogP contribution in [-0.2, 0) is 14.8 Å². The van der Waals surface area contributed by atoms with Crippen molar-refractivity contribution < 1.29 is 22.7 Å². The number of hydrogen-bond donors (Lipinski definition) is 0. The highest BCUT2D eigenvalue weighted by molar-refractivity contribution is 7.93. The maximum Gasteiger partial charge on any atom is 0.268 e. The summed E-state index contributed by atoms with van der Waals surface area (Å²) in [5, 5.41) is 0. The van der Waals surface area contributed by atoms with Gasteiger partial charge >= 0.3 is 0 Å². The van der Waals surface area contributed by atoms with Gasteiger partial charge < -0.3 is 19.3 Å². The van der Waals surface area contributed by atoms with Gasteiger partial charge in [-0.3, -0.25) is 9.10 Å². The van der Waals surface area contributed by atoms with Crippen LogP contribution < -0.4 is 18.7 Å². The zero-order valence-electron chi connectivity index (χ0n) is 20.8. The maximum absolute atomic E-state index is 13.9. The van der Waals surface area contributed by atoms with Crippen LogP contribution in [0.25, 0.3) is 0 Å². The smallest absolute Gasteiger partial charge is 0.268 e. The summed E-state index contributed by atoms with van der Waals surface area (Å²) in [4.78, 5) is 17.4. The van der Waals surface area contributed by atoms with Crippen LogP contribution in [0.5, 0.6) is 11.5 Å². The van der Waals surface area contributed by atoms with Crippen molar-refractivity contribution >= 4 is 27.3 Å². The molecule has 1 aliphatic rings. The molecule has 0 aromatic heterocycles. The Morgan fingerprint density at radius 2 is 1.56 bits per heavy atom. The molecule has 0 saturated carbocycles. The van der Waals surface area contributed by atoms with E-state index in [1.54, 1.807) is 54.5 Å². The van der Waals surface area contributed by atoms with E-state index in [1.165, 1.54) is 7.11 Å². The summed E-state index contributed by atoms with van der Waals surface area (Å²) < 4.78 is 39.6. The van der Waals surface area contributed by atoms with Gasteiger partial charge in [0.15, 0.2) is 0 Å². The first-order valence-electron chi connectivity index (χ1n) is 11.7. The molecule has 1 saturated heterocycles. The van der Waals surface area contributed by atoms with Crippen molar-refractivity contribution in [2.45, 2.75) is 11.8 Å². The second-order valence-electron chi connectivity index (χ2n) is 8.57. The fourth-order valence-electron chi connectivity index (χ4n) is 4.24. The van der Waals surface area contributed by atoms with Gasteiger partial charge in [-0.05, 0) is 61.0 Å². The number of nitrogens with zero attached hydrogens (tertiary/aromatic N) is 3. The molecule has 0 aliphatic carbocycles. The third kappa shape index (κ3) is 5.41. The van der Waals surface area contributed by atoms with Gasteiger partial charge in [0.1, 0.15) is 22.9 Å². The molecule has 0 spiro atoms. The summed E-state index contributed by atoms with van der Waals surface area (Å²) in [6.07, 6.45) is 0. The summed E-state index contributed by atoms with van der Waals surface area (Å²) in [7, 11) is -1.15. The molecule has 3 aromatic carbocycles. The van der Waals surface area contributed by atoms with E-state index in [9.17, 15) is 13.2 Å². The van der Waals surface area contributed by atoms with Crippen LogP contribution in [0, 0.1) is 6.92 Å². The number of ether oxygens (including phenoxy) is 2. The molecule has 0 N–H and O–H groups in total. The van der Waals surface area contributed by atoms with Crippen molar-refractivity contribution in [3.05, 3.63) is 78.4 Å². The highest BCUT2D eigenvalue weighted by atomic mass is 32.2. The van der Waals surface area contributed by atoms with E-state index in [1.807, 2.05) is 37.3 Å². The Balaban J connectivity index is 1.60. The topological polar surface area (TPSA) is 79.4 Å². The van der Waals surface area contributed by atoms with Crippen LogP contribution in [0.4, 0.5) is 11.4 Å². The van der Waals surface area contributed by atoms with Gasteiger partial charge in [0, 0.05) is 31.9 Å². The first-order chi connectivity index (χ1) is 17.3. The summed E-state index contributed by atoms with van der Waals surface area (Å²) in [6, 6.07) is 21.6. The number of aryl methyl sites for hydroxylation is 1. The van der Waals surface area contributed by atoms with Crippen molar-refractivity contribution in [2.75, 3.05) is 56.1 Å². The van der Waals surface area contributed by atoms with E-state index in [0.717, 1.165) is 15.6 Å². The Hall–Kier alpha value is -3.72. The van der Waals surface area contributed by atoms with E-state index in [-0.39, 0.29) is 23.1 Å². The summed E-state index contributed by atoms with van der Waals surface area (Å²) in [6.45, 7) is 3.87. The van der Waals surface area contributed by atoms with E-state index < -0.39 is 10.0 Å². The predicted octanol–water partition coefficient (Wildman–Crippen LogP) is 3.56. The standard InChI is InChI=1S/C27H31N3O5S/c1-21-9-14-25(35-3)26(19-21)36(32,33)30(23-10-12-24(34-2)13-11-23)20-27(31)29-17-15-28(16-18-29)22-7-5-4-6-8-22/h4-14,19H,15-18,20H2,1-3H3. The molecular formula is C27H31N3O5S. The van der Waals surface area contributed by atoms with Crippen LogP contribution >= 0.6 is 0 Å². The zero-order valence-corrected chi connectivity index (χ0v) is 21.6. The summed E-state index contributed by atoms with van der Waals surface area (Å²) in [5.74, 6) is 0.560. The second kappa shape index (κ2) is 10.9. The molecule has 1 amide bonds. The van der Waals surface area contributed by atoms with Crippen molar-refractivity contribution in [1.29, 1.82) is 0 Å². The number of benzene rings is 3. The molecule has 3 aromatic rings. The summed E-state index contributed by atoms with van der Waals surface area (Å²) in [5.41, 5.74) is 2.25. The lowest BCUT2D eigenvalue weighted by atomic mass is 10.2. The average Bonchev–Trinajstić information content (AvgIpc) is 2.92. The van der Waals surface area contributed by atoms with Gasteiger partial charge in [-0.25, -0.2) is 8.42 Å². The second-order valence-corrected chi connectivity index (χ2v) is 10.4. The predicted molar refractivity (Wildman–Crippen MR) is 140 cm³/mol. The van der Waals surface area contributed by atoms with E-state index in [4.69, 9.17) is 9.47 Å². The van der Waals surface area contributed by atoms with Crippen molar-refractivity contribution in [3.63, 3.8) is 0 Å². The number of para-hydroxylation sites is 1. The number of methoxy groups -OCH3 is 2. The Morgan fingerprint density at radius 3 is 2.17 bits per heavy atom. The maximum atomic E-state index is 13.9. The molecule has 0 bridgehead atoms. The minimum absolute atomic E-state index is 0.0162. The van der Waals surface area contributed by atoms with E-state index in [2.05, 4.69) is 4.90 Å². The lowest BCUT2D eigenvalue weighted by molar-refractivity contribution is -0.129. The van der Waals surface area contributed by atoms with Crippen molar-refractivity contribution in [1.82, 2.24) is 4.90 Å². The van der Waals surface area contributed by atoms with Crippen LogP contribution in [0.3, 0.4) is 0 Å². The first kappa shape index (κ1) is 25.4. The average molecular weight is 510 g/mol. The quantitative estimate of drug-likeness (QED) is 0.462. The SMILES string of the molecule is COc1ccc(N(CC(=O)N2CCN(c3ccccc3)CC2)S(=O)(=O)c2cc(C)ccc2OC)cc1. The van der Waals surface area contributed by atoms with Crippen LogP contribution in [0.1, 0.15) is 5.56 Å².